The zero-order valence-corrected chi connectivity index (χ0v) is 33.8. The molecule has 9 rings (SSSR count). The Balaban J connectivity index is 0.000000156. The fourth-order valence-electron chi connectivity index (χ4n) is 10.3. The molecular formula is C39H57N2O3P3V. The molecule has 261 valence electrons. The normalized spacial score (nSPS) is 32.9. The zero-order chi connectivity index (χ0) is 32.6. The number of carbonyl (C=O) groups is 1. The maximum Gasteiger partial charge on any atom is 0.174 e. The van der Waals surface area contributed by atoms with E-state index >= 15 is 0 Å². The molecule has 1 spiro atoms. The van der Waals surface area contributed by atoms with Crippen molar-refractivity contribution in [2.45, 2.75) is 121 Å². The van der Waals surface area contributed by atoms with Crippen LogP contribution in [0.15, 0.2) is 48.5 Å². The van der Waals surface area contributed by atoms with Gasteiger partial charge in [0.15, 0.2) is 5.79 Å². The summed E-state index contributed by atoms with van der Waals surface area (Å²) < 4.78 is 13.2. The number of carbonyl (C=O) groups excluding carboxylic acids is 1. The van der Waals surface area contributed by atoms with Gasteiger partial charge in [-0.15, -0.1) is 17.9 Å². The predicted molar refractivity (Wildman–Crippen MR) is 201 cm³/mol. The van der Waals surface area contributed by atoms with E-state index in [0.717, 1.165) is 53.4 Å². The molecule has 48 heavy (non-hydrogen) atoms. The van der Waals surface area contributed by atoms with Gasteiger partial charge in [-0.25, -0.2) is 0 Å². The van der Waals surface area contributed by atoms with Crippen molar-refractivity contribution in [3.8, 4) is 0 Å². The molecular weight excluding hydrogens is 688 g/mol. The SMILES string of the molecule is CC1(C)COC2(CC3c4ccccc4CCN3C3CCCCC32)OC1.O=C1CC2c3ccccc3CCN2C2CCCCC12.PPP.[V]. The number of Topliss-reactive ketones (excluding diaryl/α,β-unsaturated/α-hetero) is 1. The van der Waals surface area contributed by atoms with E-state index in [1.54, 1.807) is 0 Å². The number of fused-ring (bicyclic) bond motifs is 11. The van der Waals surface area contributed by atoms with Gasteiger partial charge in [-0.1, -0.05) is 96.0 Å². The van der Waals surface area contributed by atoms with Crippen LogP contribution in [-0.2, 0) is 45.7 Å². The maximum atomic E-state index is 12.5. The molecule has 2 saturated carbocycles. The average molecular weight is 746 g/mol. The molecule has 8 unspecified atom stereocenters. The van der Waals surface area contributed by atoms with Gasteiger partial charge < -0.3 is 9.47 Å². The first kappa shape index (κ1) is 37.6. The number of piperidine rings is 2. The number of ether oxygens (including phenoxy) is 2. The Kier molecular flexibility index (Phi) is 12.7. The monoisotopic (exact) mass is 745 g/mol. The van der Waals surface area contributed by atoms with Gasteiger partial charge in [0.25, 0.3) is 0 Å². The fourth-order valence-corrected chi connectivity index (χ4v) is 10.3. The summed E-state index contributed by atoms with van der Waals surface area (Å²) >= 11 is 0. The topological polar surface area (TPSA) is 42.0 Å². The van der Waals surface area contributed by atoms with Crippen LogP contribution in [0.3, 0.4) is 0 Å². The Bertz CT molecular complexity index is 1400. The van der Waals surface area contributed by atoms with E-state index in [1.165, 1.54) is 80.2 Å². The number of hydrogen-bond donors (Lipinski definition) is 0. The van der Waals surface area contributed by atoms with E-state index in [0.29, 0.717) is 41.8 Å². The molecule has 7 aliphatic rings. The maximum absolute atomic E-state index is 12.5. The molecule has 8 atom stereocenters. The van der Waals surface area contributed by atoms with Crippen LogP contribution >= 0.6 is 25.8 Å². The Morgan fingerprint density at radius 3 is 1.92 bits per heavy atom. The second-order valence-electron chi connectivity index (χ2n) is 15.9. The molecule has 9 heteroatoms. The second-order valence-corrected chi connectivity index (χ2v) is 20.2. The van der Waals surface area contributed by atoms with Gasteiger partial charge in [0.1, 0.15) is 5.78 Å². The fraction of sp³-hybridized carbons (Fsp3) is 0.667. The van der Waals surface area contributed by atoms with Crippen molar-refractivity contribution in [2.75, 3.05) is 26.3 Å². The third-order valence-electron chi connectivity index (χ3n) is 12.5. The van der Waals surface area contributed by atoms with Crippen molar-refractivity contribution in [2.24, 2.45) is 17.3 Å². The van der Waals surface area contributed by atoms with Crippen LogP contribution in [0.2, 0.25) is 0 Å². The molecule has 3 saturated heterocycles. The van der Waals surface area contributed by atoms with E-state index in [1.807, 2.05) is 0 Å². The van der Waals surface area contributed by atoms with Crippen molar-refractivity contribution < 1.29 is 32.8 Å². The summed E-state index contributed by atoms with van der Waals surface area (Å²) in [7, 11) is 6.06. The van der Waals surface area contributed by atoms with Crippen LogP contribution in [0.4, 0.5) is 0 Å². The van der Waals surface area contributed by atoms with E-state index in [4.69, 9.17) is 9.47 Å². The Morgan fingerprint density at radius 1 is 0.750 bits per heavy atom. The summed E-state index contributed by atoms with van der Waals surface area (Å²) in [5.74, 6) is 1.06. The summed E-state index contributed by atoms with van der Waals surface area (Å²) in [6.07, 6.45) is 14.3. The first-order chi connectivity index (χ1) is 22.8. The second kappa shape index (κ2) is 16.2. The van der Waals surface area contributed by atoms with E-state index in [9.17, 15) is 4.79 Å². The summed E-state index contributed by atoms with van der Waals surface area (Å²) in [6.45, 7) is 8.50. The van der Waals surface area contributed by atoms with Crippen LogP contribution in [-0.4, -0.2) is 59.8 Å². The average Bonchev–Trinajstić information content (AvgIpc) is 3.10. The van der Waals surface area contributed by atoms with Crippen molar-refractivity contribution in [1.29, 1.82) is 0 Å². The molecule has 0 amide bonds. The molecule has 5 nitrogen and oxygen atoms in total. The molecule has 0 N–H and O–H groups in total. The molecule has 2 aromatic carbocycles. The van der Waals surface area contributed by atoms with Crippen LogP contribution in [0.1, 0.15) is 112 Å². The van der Waals surface area contributed by atoms with Crippen LogP contribution in [0.25, 0.3) is 0 Å². The largest absolute Gasteiger partial charge is 0.349 e. The standard InChI is InChI=1S/C22H31NO2.C17H21NO.H5P3.V/c1-21(2)14-24-22(25-15-21)13-20-17-8-4-3-7-16(17)11-12-23(20)19-10-6-5-9-18(19)22;19-17-11-16-13-6-2-1-5-12(13)9-10-18(16)15-8-4-3-7-14(15)17;1-3-2;/h3-4,7-8,18-20H,5-6,9-15H2,1-2H3;1-2,5-6,14-16H,3-4,7-11H2;3H,1-2H2;. The molecule has 0 bridgehead atoms. The third kappa shape index (κ3) is 7.50. The van der Waals surface area contributed by atoms with E-state index < -0.39 is 0 Å². The van der Waals surface area contributed by atoms with Gasteiger partial charge >= 0.3 is 0 Å². The van der Waals surface area contributed by atoms with Gasteiger partial charge in [0, 0.05) is 85.9 Å². The van der Waals surface area contributed by atoms with Gasteiger partial charge in [0.05, 0.1) is 13.2 Å². The van der Waals surface area contributed by atoms with Crippen LogP contribution < -0.4 is 0 Å². The quantitative estimate of drug-likeness (QED) is 0.253. The minimum atomic E-state index is -0.355. The van der Waals surface area contributed by atoms with Crippen LogP contribution in [0.5, 0.6) is 0 Å². The minimum absolute atomic E-state index is 0. The first-order valence-corrected chi connectivity index (χ1v) is 23.1. The van der Waals surface area contributed by atoms with Gasteiger partial charge in [0.2, 0.25) is 0 Å². The molecule has 2 aromatic rings. The number of nitrogens with zero attached hydrogens (tertiary/aromatic N) is 2. The molecule has 1 radical (unpaired) electrons. The summed E-state index contributed by atoms with van der Waals surface area (Å²) in [4.78, 5) is 17.9. The van der Waals surface area contributed by atoms with Crippen molar-refractivity contribution >= 4 is 31.6 Å². The summed E-state index contributed by atoms with van der Waals surface area (Å²) in [5, 5.41) is 0. The first-order valence-electron chi connectivity index (χ1n) is 18.5. The van der Waals surface area contributed by atoms with Crippen molar-refractivity contribution in [1.82, 2.24) is 9.80 Å². The van der Waals surface area contributed by atoms with Crippen LogP contribution in [0, 0.1) is 17.3 Å². The smallest absolute Gasteiger partial charge is 0.174 e. The summed E-state index contributed by atoms with van der Waals surface area (Å²) in [5.41, 5.74) is 6.08. The van der Waals surface area contributed by atoms with Gasteiger partial charge in [-0.2, -0.15) is 0 Å². The third-order valence-corrected chi connectivity index (χ3v) is 12.5. The molecule has 5 aliphatic heterocycles. The number of benzene rings is 2. The van der Waals surface area contributed by atoms with Crippen molar-refractivity contribution in [3.05, 3.63) is 70.8 Å². The molecule has 5 fully saturated rings. The van der Waals surface area contributed by atoms with Crippen molar-refractivity contribution in [3.63, 3.8) is 0 Å². The molecule has 5 heterocycles. The number of rotatable bonds is 0. The Morgan fingerprint density at radius 2 is 1.27 bits per heavy atom. The zero-order valence-electron chi connectivity index (χ0n) is 29.1. The summed E-state index contributed by atoms with van der Waals surface area (Å²) in [6, 6.07) is 19.8. The van der Waals surface area contributed by atoms with E-state index in [-0.39, 0.29) is 29.8 Å². The predicted octanol–water partition coefficient (Wildman–Crippen LogP) is 8.68. The molecule has 2 aliphatic carbocycles. The number of ketones is 1. The minimum Gasteiger partial charge on any atom is -0.349 e. The van der Waals surface area contributed by atoms with E-state index in [2.05, 4.69) is 90.0 Å². The number of hydrogen-bond acceptors (Lipinski definition) is 5. The Labute approximate surface area is 308 Å². The van der Waals surface area contributed by atoms with Gasteiger partial charge in [-0.05, 0) is 60.8 Å². The Hall–Kier alpha value is -0.176. The van der Waals surface area contributed by atoms with Gasteiger partial charge in [-0.3, -0.25) is 14.6 Å². The molecule has 0 aromatic heterocycles.